The summed E-state index contributed by atoms with van der Waals surface area (Å²) in [6.07, 6.45) is -12.0. The minimum atomic E-state index is -4.08. The average Bonchev–Trinajstić information content (AvgIpc) is 2.58. The van der Waals surface area contributed by atoms with E-state index in [2.05, 4.69) is 14.8 Å². The standard InChI is InChI=1S/C11H16F2N4O8/c12-9-7(22)5(16-4(20)1-15-17-14)8(6(21)3(19)2-18)25-11(9,13)10(23)24/h3,5-9,18-19,21-22H,1-2H2,(H,16,20)(H,23,24)/t3-,5?,6-,7?,8?,9?,11?/m1/s1. The Morgan fingerprint density at radius 3 is 2.52 bits per heavy atom. The summed E-state index contributed by atoms with van der Waals surface area (Å²) in [5, 5.41) is 51.5. The smallest absolute Gasteiger partial charge is 0.372 e. The fourth-order valence-electron chi connectivity index (χ4n) is 2.20. The first kappa shape index (κ1) is 21.0. The molecular weight excluding hydrogens is 354 g/mol. The molecule has 0 aliphatic carbocycles. The lowest BCUT2D eigenvalue weighted by Gasteiger charge is -2.45. The largest absolute Gasteiger partial charge is 0.477 e. The molecule has 0 bridgehead atoms. The van der Waals surface area contributed by atoms with Crippen molar-refractivity contribution in [1.82, 2.24) is 5.32 Å². The Morgan fingerprint density at radius 1 is 1.44 bits per heavy atom. The monoisotopic (exact) mass is 370 g/mol. The van der Waals surface area contributed by atoms with Gasteiger partial charge < -0.3 is 35.6 Å². The number of carboxylic acid groups (broad SMARTS) is 1. The van der Waals surface area contributed by atoms with Gasteiger partial charge in [0.2, 0.25) is 5.91 Å². The molecule has 5 unspecified atom stereocenters. The number of amides is 1. The first-order chi connectivity index (χ1) is 11.6. The molecule has 6 N–H and O–H groups in total. The van der Waals surface area contributed by atoms with Crippen molar-refractivity contribution in [3.8, 4) is 0 Å². The van der Waals surface area contributed by atoms with Crippen molar-refractivity contribution in [2.45, 2.75) is 42.5 Å². The van der Waals surface area contributed by atoms with E-state index >= 15 is 0 Å². The number of carbonyl (C=O) groups excluding carboxylic acids is 1. The van der Waals surface area contributed by atoms with Crippen LogP contribution in [0.5, 0.6) is 0 Å². The van der Waals surface area contributed by atoms with Gasteiger partial charge in [0.15, 0.2) is 6.17 Å². The summed E-state index contributed by atoms with van der Waals surface area (Å²) in [5.41, 5.74) is 8.12. The van der Waals surface area contributed by atoms with Gasteiger partial charge in [-0.3, -0.25) is 4.79 Å². The van der Waals surface area contributed by atoms with Crippen LogP contribution >= 0.6 is 0 Å². The Bertz CT molecular complexity index is 562. The lowest BCUT2D eigenvalue weighted by molar-refractivity contribution is -0.293. The molecule has 14 heteroatoms. The molecule has 25 heavy (non-hydrogen) atoms. The minimum Gasteiger partial charge on any atom is -0.477 e. The number of rotatable bonds is 7. The average molecular weight is 370 g/mol. The Hall–Kier alpha value is -2.09. The second-order valence-corrected chi connectivity index (χ2v) is 5.15. The number of nitrogens with one attached hydrogen (secondary N) is 1. The number of aliphatic hydroxyl groups excluding tert-OH is 4. The summed E-state index contributed by atoms with van der Waals surface area (Å²) in [7, 11) is 0. The molecule has 0 aromatic heterocycles. The zero-order valence-corrected chi connectivity index (χ0v) is 12.4. The Labute approximate surface area is 138 Å². The van der Waals surface area contributed by atoms with Gasteiger partial charge in [0.1, 0.15) is 31.0 Å². The van der Waals surface area contributed by atoms with E-state index < -0.39 is 67.5 Å². The van der Waals surface area contributed by atoms with Crippen LogP contribution in [0.15, 0.2) is 5.11 Å². The normalized spacial score (nSPS) is 34.5. The van der Waals surface area contributed by atoms with Gasteiger partial charge in [-0.15, -0.1) is 0 Å². The molecule has 1 rings (SSSR count). The number of aliphatic hydroxyl groups is 4. The maximum atomic E-state index is 14.2. The molecule has 0 radical (unpaired) electrons. The summed E-state index contributed by atoms with van der Waals surface area (Å²) in [6.45, 7) is -1.87. The number of azide groups is 1. The summed E-state index contributed by atoms with van der Waals surface area (Å²) in [4.78, 5) is 24.8. The third-order valence-corrected chi connectivity index (χ3v) is 3.50. The van der Waals surface area contributed by atoms with Crippen molar-refractivity contribution < 1.29 is 48.6 Å². The van der Waals surface area contributed by atoms with Crippen molar-refractivity contribution in [1.29, 1.82) is 0 Å². The van der Waals surface area contributed by atoms with E-state index in [-0.39, 0.29) is 0 Å². The highest BCUT2D eigenvalue weighted by molar-refractivity contribution is 5.79. The van der Waals surface area contributed by atoms with Crippen LogP contribution in [0.4, 0.5) is 8.78 Å². The number of hydrogen-bond acceptors (Lipinski definition) is 8. The molecule has 1 saturated heterocycles. The maximum Gasteiger partial charge on any atom is 0.372 e. The van der Waals surface area contributed by atoms with Gasteiger partial charge in [-0.1, -0.05) is 5.11 Å². The number of carboxylic acids is 1. The molecule has 0 aromatic carbocycles. The van der Waals surface area contributed by atoms with Gasteiger partial charge in [0, 0.05) is 4.91 Å². The highest BCUT2D eigenvalue weighted by atomic mass is 19.2. The number of ether oxygens (including phenoxy) is 1. The molecule has 1 aliphatic rings. The molecule has 0 saturated carbocycles. The number of nitrogens with zero attached hydrogens (tertiary/aromatic N) is 3. The van der Waals surface area contributed by atoms with Crippen molar-refractivity contribution in [2.24, 2.45) is 5.11 Å². The van der Waals surface area contributed by atoms with Crippen LogP contribution in [0, 0.1) is 0 Å². The number of hydrogen-bond donors (Lipinski definition) is 6. The van der Waals surface area contributed by atoms with E-state index in [1.807, 2.05) is 5.32 Å². The SMILES string of the molecule is [N-]=[N+]=NCC(=O)NC1C(O)C(F)C(F)(C(=O)O)OC1[C@H](O)[C@H](O)CO. The number of carbonyl (C=O) groups is 2. The highest BCUT2D eigenvalue weighted by Crippen LogP contribution is 2.35. The van der Waals surface area contributed by atoms with Crippen LogP contribution in [0.2, 0.25) is 0 Å². The second kappa shape index (κ2) is 8.33. The first-order valence-corrected chi connectivity index (χ1v) is 6.79. The van der Waals surface area contributed by atoms with Crippen LogP contribution in [-0.4, -0.2) is 93.0 Å². The quantitative estimate of drug-likeness (QED) is 0.158. The van der Waals surface area contributed by atoms with E-state index in [1.54, 1.807) is 0 Å². The molecule has 142 valence electrons. The van der Waals surface area contributed by atoms with E-state index in [0.717, 1.165) is 0 Å². The molecule has 1 heterocycles. The summed E-state index contributed by atoms with van der Waals surface area (Å²) >= 11 is 0. The fourth-order valence-corrected chi connectivity index (χ4v) is 2.20. The van der Waals surface area contributed by atoms with Gasteiger partial charge in [0.05, 0.1) is 12.6 Å². The van der Waals surface area contributed by atoms with Crippen LogP contribution in [-0.2, 0) is 14.3 Å². The molecule has 1 fully saturated rings. The van der Waals surface area contributed by atoms with E-state index in [9.17, 15) is 33.7 Å². The molecule has 0 spiro atoms. The second-order valence-electron chi connectivity index (χ2n) is 5.15. The predicted molar refractivity (Wildman–Crippen MR) is 72.3 cm³/mol. The van der Waals surface area contributed by atoms with Crippen molar-refractivity contribution in [3.63, 3.8) is 0 Å². The predicted octanol–water partition coefficient (Wildman–Crippen LogP) is -2.66. The number of aliphatic carboxylic acids is 1. The lowest BCUT2D eigenvalue weighted by Crippen LogP contribution is -2.71. The van der Waals surface area contributed by atoms with E-state index in [0.29, 0.717) is 0 Å². The van der Waals surface area contributed by atoms with Gasteiger partial charge in [-0.25, -0.2) is 9.18 Å². The molecular formula is C11H16F2N4O8. The topological polar surface area (TPSA) is 205 Å². The van der Waals surface area contributed by atoms with E-state index in [1.165, 1.54) is 0 Å². The minimum absolute atomic E-state index is 0.804. The lowest BCUT2D eigenvalue weighted by atomic mass is 9.88. The summed E-state index contributed by atoms with van der Waals surface area (Å²) in [6, 6.07) is -1.92. The first-order valence-electron chi connectivity index (χ1n) is 6.79. The summed E-state index contributed by atoms with van der Waals surface area (Å²) < 4.78 is 32.6. The Morgan fingerprint density at radius 2 is 2.04 bits per heavy atom. The fraction of sp³-hybridized carbons (Fsp3) is 0.818. The molecule has 7 atom stereocenters. The number of alkyl halides is 2. The van der Waals surface area contributed by atoms with Crippen LogP contribution in [0.25, 0.3) is 10.4 Å². The zero-order chi connectivity index (χ0) is 19.4. The Balaban J connectivity index is 3.18. The van der Waals surface area contributed by atoms with Crippen molar-refractivity contribution in [2.75, 3.05) is 13.2 Å². The van der Waals surface area contributed by atoms with Gasteiger partial charge in [-0.2, -0.15) is 4.39 Å². The van der Waals surface area contributed by atoms with Gasteiger partial charge >= 0.3 is 11.8 Å². The third kappa shape index (κ3) is 4.31. The molecule has 1 aliphatic heterocycles. The maximum absolute atomic E-state index is 14.2. The van der Waals surface area contributed by atoms with Gasteiger partial charge in [0.25, 0.3) is 0 Å². The number of halogens is 2. The molecule has 12 nitrogen and oxygen atoms in total. The Kier molecular flexibility index (Phi) is 6.98. The van der Waals surface area contributed by atoms with E-state index in [4.69, 9.17) is 15.7 Å². The molecule has 0 aromatic rings. The van der Waals surface area contributed by atoms with Crippen LogP contribution < -0.4 is 5.32 Å². The van der Waals surface area contributed by atoms with Crippen molar-refractivity contribution in [3.05, 3.63) is 10.4 Å². The van der Waals surface area contributed by atoms with Crippen LogP contribution in [0.1, 0.15) is 0 Å². The van der Waals surface area contributed by atoms with Crippen molar-refractivity contribution >= 4 is 11.9 Å². The van der Waals surface area contributed by atoms with Gasteiger partial charge in [-0.05, 0) is 5.53 Å². The molecule has 1 amide bonds. The zero-order valence-electron chi connectivity index (χ0n) is 12.4. The van der Waals surface area contributed by atoms with Crippen LogP contribution in [0.3, 0.4) is 0 Å². The third-order valence-electron chi connectivity index (χ3n) is 3.50. The summed E-state index contributed by atoms with van der Waals surface area (Å²) in [5.74, 6) is -7.62. The highest BCUT2D eigenvalue weighted by Gasteiger charge is 2.62.